The van der Waals surface area contributed by atoms with E-state index in [1.807, 2.05) is 31.2 Å². The highest BCUT2D eigenvalue weighted by molar-refractivity contribution is 6.07. The topological polar surface area (TPSA) is 34.0 Å². The number of nitrogens with zero attached hydrogens (tertiary/aromatic N) is 1. The average molecular weight is 383 g/mol. The molecule has 1 fully saturated rings. The van der Waals surface area contributed by atoms with Crippen molar-refractivity contribution in [2.24, 2.45) is 0 Å². The van der Waals surface area contributed by atoms with Crippen LogP contribution in [0.3, 0.4) is 0 Å². The maximum Gasteiger partial charge on any atom is 0.185 e. The zero-order valence-electron chi connectivity index (χ0n) is 16.6. The number of para-hydroxylation sites is 1. The van der Waals surface area contributed by atoms with Crippen molar-refractivity contribution < 1.29 is 18.8 Å². The third-order valence-corrected chi connectivity index (χ3v) is 5.18. The minimum absolute atomic E-state index is 0.225. The molecule has 2 aromatic rings. The van der Waals surface area contributed by atoms with Crippen LogP contribution in [-0.4, -0.2) is 45.1 Å². The Morgan fingerprint density at radius 2 is 1.93 bits per heavy atom. The first kappa shape index (κ1) is 20.1. The van der Waals surface area contributed by atoms with Crippen molar-refractivity contribution in [1.29, 1.82) is 0 Å². The van der Waals surface area contributed by atoms with Crippen molar-refractivity contribution >= 4 is 17.5 Å². The van der Waals surface area contributed by atoms with Gasteiger partial charge in [0.2, 0.25) is 0 Å². The van der Waals surface area contributed by atoms with E-state index in [2.05, 4.69) is 11.8 Å². The lowest BCUT2D eigenvalue weighted by molar-refractivity contribution is -0.898. The number of allylic oxidation sites excluding steroid dienone is 1. The van der Waals surface area contributed by atoms with Gasteiger partial charge in [0.05, 0.1) is 45.0 Å². The van der Waals surface area contributed by atoms with E-state index in [1.165, 1.54) is 12.1 Å². The lowest BCUT2D eigenvalue weighted by Gasteiger charge is -2.33. The second-order valence-electron chi connectivity index (χ2n) is 6.93. The first-order chi connectivity index (χ1) is 13.6. The number of likely N-dealkylation sites (N-methyl/N-ethyl adjacent to an activating group) is 1. The minimum atomic E-state index is -0.339. The van der Waals surface area contributed by atoms with Crippen molar-refractivity contribution in [2.45, 2.75) is 13.8 Å². The molecule has 1 heterocycles. The zero-order chi connectivity index (χ0) is 19.9. The van der Waals surface area contributed by atoms with Crippen LogP contribution < -0.4 is 14.5 Å². The fraction of sp³-hybridized carbons (Fsp3) is 0.348. The number of carbonyl (C=O) groups is 1. The molecule has 0 aliphatic carbocycles. The molecule has 5 heteroatoms. The molecule has 4 nitrogen and oxygen atoms in total. The van der Waals surface area contributed by atoms with Gasteiger partial charge in [0.1, 0.15) is 11.6 Å². The smallest absolute Gasteiger partial charge is 0.185 e. The Kier molecular flexibility index (Phi) is 6.82. The summed E-state index contributed by atoms with van der Waals surface area (Å²) < 4.78 is 20.2. The summed E-state index contributed by atoms with van der Waals surface area (Å²) in [5.41, 5.74) is 1.76. The standard InChI is InChI=1S/C23H27FN2O2/c1-3-25-13-15-26(16-14-25)21-11-9-19(17-20(21)24)22(27)12-10-18-7-5-6-8-23(18)28-4-2/h5-12,17H,3-4,13-16H2,1-2H3/p+1/b12-10+. The molecule has 3 rings (SSSR count). The fourth-order valence-electron chi connectivity index (χ4n) is 3.50. The molecule has 0 saturated carbocycles. The lowest BCUT2D eigenvalue weighted by atomic mass is 10.1. The van der Waals surface area contributed by atoms with Crippen LogP contribution in [0.5, 0.6) is 5.75 Å². The van der Waals surface area contributed by atoms with Gasteiger partial charge >= 0.3 is 0 Å². The van der Waals surface area contributed by atoms with E-state index in [9.17, 15) is 9.18 Å². The number of anilines is 1. The fourth-order valence-corrected chi connectivity index (χ4v) is 3.50. The van der Waals surface area contributed by atoms with Crippen LogP contribution in [-0.2, 0) is 0 Å². The van der Waals surface area contributed by atoms with Crippen molar-refractivity contribution in [3.63, 3.8) is 0 Å². The number of benzene rings is 2. The van der Waals surface area contributed by atoms with Crippen molar-refractivity contribution in [3.8, 4) is 5.75 Å². The van der Waals surface area contributed by atoms with Crippen LogP contribution in [0.2, 0.25) is 0 Å². The second kappa shape index (κ2) is 9.51. The summed E-state index contributed by atoms with van der Waals surface area (Å²) in [6.45, 7) is 9.44. The van der Waals surface area contributed by atoms with Crippen LogP contribution >= 0.6 is 0 Å². The normalized spacial score (nSPS) is 15.2. The third kappa shape index (κ3) is 4.78. The summed E-state index contributed by atoms with van der Waals surface area (Å²) in [6, 6.07) is 12.3. The Morgan fingerprint density at radius 1 is 1.18 bits per heavy atom. The van der Waals surface area contributed by atoms with Gasteiger partial charge in [-0.25, -0.2) is 4.39 Å². The van der Waals surface area contributed by atoms with Crippen LogP contribution in [0.4, 0.5) is 10.1 Å². The van der Waals surface area contributed by atoms with Crippen molar-refractivity contribution in [1.82, 2.24) is 0 Å². The molecule has 1 aliphatic heterocycles. The minimum Gasteiger partial charge on any atom is -0.493 e. The SMILES string of the molecule is CCOc1ccccc1/C=C/C(=O)c1ccc(N2CC[NH+](CC)CC2)c(F)c1. The van der Waals surface area contributed by atoms with E-state index in [0.29, 0.717) is 17.9 Å². The Labute approximate surface area is 166 Å². The molecule has 28 heavy (non-hydrogen) atoms. The molecule has 0 atom stereocenters. The summed E-state index contributed by atoms with van der Waals surface area (Å²) >= 11 is 0. The molecule has 1 N–H and O–H groups in total. The first-order valence-corrected chi connectivity index (χ1v) is 9.94. The Morgan fingerprint density at radius 3 is 2.61 bits per heavy atom. The second-order valence-corrected chi connectivity index (χ2v) is 6.93. The largest absolute Gasteiger partial charge is 0.493 e. The number of hydrogen-bond donors (Lipinski definition) is 1. The molecule has 1 aliphatic rings. The van der Waals surface area contributed by atoms with E-state index in [-0.39, 0.29) is 11.6 Å². The van der Waals surface area contributed by atoms with Gasteiger partial charge in [0, 0.05) is 11.1 Å². The van der Waals surface area contributed by atoms with Crippen LogP contribution in [0.15, 0.2) is 48.5 Å². The molecular weight excluding hydrogens is 355 g/mol. The molecule has 0 unspecified atom stereocenters. The quantitative estimate of drug-likeness (QED) is 0.590. The van der Waals surface area contributed by atoms with E-state index in [4.69, 9.17) is 4.74 Å². The van der Waals surface area contributed by atoms with Gasteiger partial charge in [0.15, 0.2) is 5.78 Å². The van der Waals surface area contributed by atoms with Gasteiger partial charge in [-0.05, 0) is 50.3 Å². The number of carbonyl (C=O) groups excluding carboxylic acids is 1. The highest BCUT2D eigenvalue weighted by Gasteiger charge is 2.21. The molecule has 0 amide bonds. The van der Waals surface area contributed by atoms with Crippen molar-refractivity contribution in [2.75, 3.05) is 44.2 Å². The van der Waals surface area contributed by atoms with Gasteiger partial charge in [-0.3, -0.25) is 4.79 Å². The number of ether oxygens (including phenoxy) is 1. The van der Waals surface area contributed by atoms with Gasteiger partial charge in [-0.1, -0.05) is 18.2 Å². The number of hydrogen-bond acceptors (Lipinski definition) is 3. The van der Waals surface area contributed by atoms with Gasteiger partial charge in [-0.2, -0.15) is 0 Å². The number of rotatable bonds is 7. The molecule has 1 saturated heterocycles. The lowest BCUT2D eigenvalue weighted by Crippen LogP contribution is -3.14. The van der Waals surface area contributed by atoms with Gasteiger partial charge < -0.3 is 14.5 Å². The van der Waals surface area contributed by atoms with E-state index >= 15 is 0 Å². The van der Waals surface area contributed by atoms with Crippen molar-refractivity contribution in [3.05, 3.63) is 65.5 Å². The molecule has 148 valence electrons. The van der Waals surface area contributed by atoms with Gasteiger partial charge in [0.25, 0.3) is 0 Å². The Bertz CT molecular complexity index is 842. The summed E-state index contributed by atoms with van der Waals surface area (Å²) in [5, 5.41) is 0. The molecule has 0 radical (unpaired) electrons. The summed E-state index contributed by atoms with van der Waals surface area (Å²) in [5.74, 6) is 0.162. The maximum absolute atomic E-state index is 14.7. The predicted molar refractivity (Wildman–Crippen MR) is 111 cm³/mol. The Hall–Kier alpha value is -2.66. The van der Waals surface area contributed by atoms with E-state index in [1.54, 1.807) is 23.1 Å². The predicted octanol–water partition coefficient (Wildman–Crippen LogP) is 2.85. The van der Waals surface area contributed by atoms with E-state index < -0.39 is 0 Å². The maximum atomic E-state index is 14.7. The number of piperazine rings is 1. The van der Waals surface area contributed by atoms with E-state index in [0.717, 1.165) is 44.0 Å². The Balaban J connectivity index is 1.71. The average Bonchev–Trinajstić information content (AvgIpc) is 2.73. The zero-order valence-corrected chi connectivity index (χ0v) is 16.6. The van der Waals surface area contributed by atoms with Crippen LogP contribution in [0, 0.1) is 5.82 Å². The monoisotopic (exact) mass is 383 g/mol. The number of ketones is 1. The molecule has 0 aromatic heterocycles. The third-order valence-electron chi connectivity index (χ3n) is 5.18. The molecule has 2 aromatic carbocycles. The first-order valence-electron chi connectivity index (χ1n) is 9.94. The molecule has 0 spiro atoms. The van der Waals surface area contributed by atoms with Crippen LogP contribution in [0.1, 0.15) is 29.8 Å². The number of halogens is 1. The summed E-state index contributed by atoms with van der Waals surface area (Å²) in [7, 11) is 0. The number of nitrogens with one attached hydrogen (secondary N) is 1. The molecule has 0 bridgehead atoms. The summed E-state index contributed by atoms with van der Waals surface area (Å²) in [6.07, 6.45) is 3.18. The molecular formula is C23H28FN2O2+. The number of quaternary nitrogens is 1. The summed E-state index contributed by atoms with van der Waals surface area (Å²) in [4.78, 5) is 16.1. The van der Waals surface area contributed by atoms with Crippen LogP contribution in [0.25, 0.3) is 6.08 Å². The highest BCUT2D eigenvalue weighted by atomic mass is 19.1. The van der Waals surface area contributed by atoms with Gasteiger partial charge in [-0.15, -0.1) is 0 Å². The highest BCUT2D eigenvalue weighted by Crippen LogP contribution is 2.22.